The van der Waals surface area contributed by atoms with Crippen LogP contribution in [0.3, 0.4) is 0 Å². The third-order valence-corrected chi connectivity index (χ3v) is 10.2. The topological polar surface area (TPSA) is 139 Å². The predicted molar refractivity (Wildman–Crippen MR) is 129 cm³/mol. The molecule has 1 aliphatic heterocycles. The average Bonchev–Trinajstić information content (AvgIpc) is 3.62. The van der Waals surface area contributed by atoms with Crippen molar-refractivity contribution in [1.82, 2.24) is 19.8 Å². The van der Waals surface area contributed by atoms with Gasteiger partial charge < -0.3 is 19.9 Å². The second-order valence-electron chi connectivity index (χ2n) is 9.59. The van der Waals surface area contributed by atoms with Gasteiger partial charge in [0.15, 0.2) is 9.84 Å². The number of aliphatic hydroxyl groups is 1. The molecule has 1 aliphatic carbocycles. The van der Waals surface area contributed by atoms with E-state index in [2.05, 4.69) is 10.3 Å². The van der Waals surface area contributed by atoms with Crippen LogP contribution in [0.4, 0.5) is 0 Å². The van der Waals surface area contributed by atoms with Crippen molar-refractivity contribution < 1.29 is 23.1 Å². The molecule has 2 aliphatic rings. The number of hydrogen-bond acceptors (Lipinski definition) is 7. The molecule has 0 saturated heterocycles. The lowest BCUT2D eigenvalue weighted by Gasteiger charge is -2.35. The molecule has 0 bridgehead atoms. The summed E-state index contributed by atoms with van der Waals surface area (Å²) in [6.07, 6.45) is 2.35. The predicted octanol–water partition coefficient (Wildman–Crippen LogP) is 1.00. The zero-order chi connectivity index (χ0) is 25.6. The Kier molecular flexibility index (Phi) is 6.54. The van der Waals surface area contributed by atoms with E-state index in [9.17, 15) is 27.9 Å². The normalized spacial score (nSPS) is 17.1. The van der Waals surface area contributed by atoms with Crippen LogP contribution < -0.4 is 10.9 Å². The van der Waals surface area contributed by atoms with Crippen molar-refractivity contribution in [1.29, 1.82) is 0 Å². The van der Waals surface area contributed by atoms with Gasteiger partial charge in [-0.2, -0.15) is 0 Å². The van der Waals surface area contributed by atoms with Crippen molar-refractivity contribution >= 4 is 33.3 Å². The summed E-state index contributed by atoms with van der Waals surface area (Å²) in [6, 6.07) is 6.02. The van der Waals surface area contributed by atoms with Gasteiger partial charge in [0.2, 0.25) is 0 Å². The largest absolute Gasteiger partial charge is 0.395 e. The Morgan fingerprint density at radius 1 is 1.20 bits per heavy atom. The quantitative estimate of drug-likeness (QED) is 0.493. The minimum absolute atomic E-state index is 0.00313. The van der Waals surface area contributed by atoms with E-state index < -0.39 is 43.3 Å². The number of carbonyl (C=O) groups excluding carboxylic acids is 2. The summed E-state index contributed by atoms with van der Waals surface area (Å²) >= 11 is 5.75. The van der Waals surface area contributed by atoms with Crippen LogP contribution in [0, 0.1) is 0 Å². The van der Waals surface area contributed by atoms with Crippen molar-refractivity contribution in [2.24, 2.45) is 0 Å². The molecule has 1 fully saturated rings. The Morgan fingerprint density at radius 3 is 2.51 bits per heavy atom. The molecule has 2 aromatic heterocycles. The number of aromatic nitrogens is 2. The van der Waals surface area contributed by atoms with Crippen LogP contribution in [0.1, 0.15) is 53.1 Å². The maximum Gasteiger partial charge on any atom is 0.270 e. The van der Waals surface area contributed by atoms with Crippen LogP contribution in [0.15, 0.2) is 35.3 Å². The Labute approximate surface area is 207 Å². The fourth-order valence-electron chi connectivity index (χ4n) is 4.25. The molecule has 0 aromatic carbocycles. The van der Waals surface area contributed by atoms with Crippen LogP contribution in [0.5, 0.6) is 0 Å². The third-order valence-electron chi connectivity index (χ3n) is 6.73. The zero-order valence-corrected chi connectivity index (χ0v) is 21.0. The lowest BCUT2D eigenvalue weighted by atomic mass is 10.1. The van der Waals surface area contributed by atoms with Crippen LogP contribution in [0.25, 0.3) is 0 Å². The molecule has 2 amide bonds. The molecule has 0 unspecified atom stereocenters. The third kappa shape index (κ3) is 4.48. The first-order chi connectivity index (χ1) is 16.4. The van der Waals surface area contributed by atoms with E-state index in [0.29, 0.717) is 23.6 Å². The molecule has 4 rings (SSSR count). The number of sulfone groups is 1. The number of fused-ring (bicyclic) bond motifs is 1. The first-order valence-corrected chi connectivity index (χ1v) is 13.1. The smallest absolute Gasteiger partial charge is 0.270 e. The van der Waals surface area contributed by atoms with E-state index in [1.54, 1.807) is 12.1 Å². The van der Waals surface area contributed by atoms with E-state index in [0.717, 1.165) is 0 Å². The lowest BCUT2D eigenvalue weighted by molar-refractivity contribution is 0.0694. The molecular formula is C23H27ClN4O6S. The van der Waals surface area contributed by atoms with Gasteiger partial charge in [-0.3, -0.25) is 14.4 Å². The highest BCUT2D eigenvalue weighted by atomic mass is 35.5. The zero-order valence-electron chi connectivity index (χ0n) is 19.5. The molecule has 2 N–H and O–H groups in total. The Morgan fingerprint density at radius 2 is 1.91 bits per heavy atom. The lowest BCUT2D eigenvalue weighted by Crippen LogP contribution is -2.53. The molecular weight excluding hydrogens is 496 g/mol. The average molecular weight is 523 g/mol. The Hall–Kier alpha value is -2.76. The van der Waals surface area contributed by atoms with Gasteiger partial charge in [-0.05, 0) is 50.5 Å². The SMILES string of the molecule is CC(C)(CO)S(=O)(=O)C1(CN2CCn3c(ccc(C(=O)NCc4ccc(Cl)nc4)c3=O)C2=O)CC1. The second-order valence-corrected chi connectivity index (χ2v) is 13.0. The highest BCUT2D eigenvalue weighted by Gasteiger charge is 2.60. The molecule has 0 radical (unpaired) electrons. The van der Waals surface area contributed by atoms with Gasteiger partial charge in [-0.1, -0.05) is 17.7 Å². The number of rotatable bonds is 8. The van der Waals surface area contributed by atoms with E-state index in [1.807, 2.05) is 0 Å². The van der Waals surface area contributed by atoms with Crippen molar-refractivity contribution in [2.45, 2.75) is 49.3 Å². The molecule has 0 spiro atoms. The van der Waals surface area contributed by atoms with Gasteiger partial charge in [-0.15, -0.1) is 0 Å². The number of hydrogen-bond donors (Lipinski definition) is 2. The molecule has 35 heavy (non-hydrogen) atoms. The highest BCUT2D eigenvalue weighted by Crippen LogP contribution is 2.49. The van der Waals surface area contributed by atoms with Gasteiger partial charge >= 0.3 is 0 Å². The second kappa shape index (κ2) is 9.03. The maximum absolute atomic E-state index is 13.1. The molecule has 188 valence electrons. The van der Waals surface area contributed by atoms with E-state index in [1.165, 1.54) is 41.6 Å². The maximum atomic E-state index is 13.1. The number of nitrogens with one attached hydrogen (secondary N) is 1. The summed E-state index contributed by atoms with van der Waals surface area (Å²) in [6.45, 7) is 2.88. The molecule has 12 heteroatoms. The van der Waals surface area contributed by atoms with Gasteiger partial charge in [0, 0.05) is 32.4 Å². The van der Waals surface area contributed by atoms with Crippen LogP contribution >= 0.6 is 11.6 Å². The minimum Gasteiger partial charge on any atom is -0.395 e. The summed E-state index contributed by atoms with van der Waals surface area (Å²) in [5.74, 6) is -1.04. The van der Waals surface area contributed by atoms with Crippen molar-refractivity contribution in [3.8, 4) is 0 Å². The first kappa shape index (κ1) is 25.3. The van der Waals surface area contributed by atoms with Gasteiger partial charge in [0.25, 0.3) is 17.4 Å². The number of carbonyl (C=O) groups is 2. The first-order valence-electron chi connectivity index (χ1n) is 11.2. The molecule has 10 nitrogen and oxygen atoms in total. The summed E-state index contributed by atoms with van der Waals surface area (Å²) in [4.78, 5) is 44.1. The molecule has 3 heterocycles. The van der Waals surface area contributed by atoms with Crippen LogP contribution in [-0.2, 0) is 22.9 Å². The molecule has 1 saturated carbocycles. The van der Waals surface area contributed by atoms with E-state index in [-0.39, 0.29) is 37.4 Å². The van der Waals surface area contributed by atoms with E-state index in [4.69, 9.17) is 11.6 Å². The minimum atomic E-state index is -3.71. The standard InChI is InChI=1S/C23H27ClN4O6S/c1-22(2,14-29)35(33,34)23(7-8-23)13-27-9-10-28-17(21(27)32)5-4-16(20(28)31)19(30)26-12-15-3-6-18(24)25-11-15/h3-6,11,29H,7-10,12-14H2,1-2H3,(H,26,30). The summed E-state index contributed by atoms with van der Waals surface area (Å²) in [7, 11) is -3.71. The van der Waals surface area contributed by atoms with Gasteiger partial charge in [-0.25, -0.2) is 13.4 Å². The number of amides is 2. The number of halogens is 1. The monoisotopic (exact) mass is 522 g/mol. The number of nitrogens with zero attached hydrogens (tertiary/aromatic N) is 3. The summed E-state index contributed by atoms with van der Waals surface area (Å²) < 4.78 is 25.1. The fourth-order valence-corrected chi connectivity index (χ4v) is 6.67. The molecule has 0 atom stereocenters. The number of aliphatic hydroxyl groups excluding tert-OH is 1. The molecule has 2 aromatic rings. The van der Waals surface area contributed by atoms with Gasteiger partial charge in [0.1, 0.15) is 16.4 Å². The van der Waals surface area contributed by atoms with Crippen LogP contribution in [0.2, 0.25) is 5.15 Å². The van der Waals surface area contributed by atoms with Crippen molar-refractivity contribution in [2.75, 3.05) is 19.7 Å². The Balaban J connectivity index is 1.50. The van der Waals surface area contributed by atoms with Crippen molar-refractivity contribution in [3.05, 3.63) is 62.8 Å². The van der Waals surface area contributed by atoms with Crippen molar-refractivity contribution in [3.63, 3.8) is 0 Å². The summed E-state index contributed by atoms with van der Waals surface area (Å²) in [5, 5.41) is 12.6. The Bertz CT molecular complexity index is 1330. The van der Waals surface area contributed by atoms with Crippen LogP contribution in [-0.4, -0.2) is 69.0 Å². The summed E-state index contributed by atoms with van der Waals surface area (Å²) in [5.41, 5.74) is 0.134. The number of pyridine rings is 2. The highest BCUT2D eigenvalue weighted by molar-refractivity contribution is 7.94. The van der Waals surface area contributed by atoms with Gasteiger partial charge in [0.05, 0.1) is 16.1 Å². The van der Waals surface area contributed by atoms with E-state index >= 15 is 0 Å². The fraction of sp³-hybridized carbons (Fsp3) is 0.478.